The number of aliphatic carboxylic acids is 1. The van der Waals surface area contributed by atoms with E-state index in [9.17, 15) is 19.5 Å². The van der Waals surface area contributed by atoms with Gasteiger partial charge in [-0.15, -0.1) is 0 Å². The normalized spacial score (nSPS) is 32.0. The Labute approximate surface area is 122 Å². The lowest BCUT2D eigenvalue weighted by atomic mass is 9.89. The fourth-order valence-corrected chi connectivity index (χ4v) is 2.79. The molecule has 0 radical (unpaired) electrons. The summed E-state index contributed by atoms with van der Waals surface area (Å²) in [4.78, 5) is 37.0. The molecule has 8 heteroatoms. The van der Waals surface area contributed by atoms with Crippen LogP contribution in [0.1, 0.15) is 19.8 Å². The molecule has 2 aliphatic heterocycles. The molecule has 0 bridgehead atoms. The molecule has 21 heavy (non-hydrogen) atoms. The van der Waals surface area contributed by atoms with E-state index in [0.717, 1.165) is 0 Å². The first-order valence-corrected chi connectivity index (χ1v) is 6.93. The van der Waals surface area contributed by atoms with Crippen LogP contribution < -0.4 is 10.6 Å². The van der Waals surface area contributed by atoms with Gasteiger partial charge in [0.15, 0.2) is 5.54 Å². The van der Waals surface area contributed by atoms with Crippen molar-refractivity contribution in [3.05, 3.63) is 0 Å². The highest BCUT2D eigenvalue weighted by atomic mass is 16.5. The standard InChI is InChI=1S/C13H21N3O5/c1-12(9(17)14-2)3-5-16(7-12)11(20)15-13(10(18)19)4-6-21-8-13/h3-8H2,1-2H3,(H,14,17)(H,15,20)(H,18,19). The Morgan fingerprint density at radius 3 is 2.52 bits per heavy atom. The van der Waals surface area contributed by atoms with Gasteiger partial charge in [0.2, 0.25) is 5.91 Å². The molecule has 2 fully saturated rings. The molecule has 2 unspecified atom stereocenters. The number of rotatable bonds is 3. The van der Waals surface area contributed by atoms with Crippen LogP contribution in [-0.4, -0.2) is 66.8 Å². The van der Waals surface area contributed by atoms with E-state index in [2.05, 4.69) is 10.6 Å². The highest BCUT2D eigenvalue weighted by Crippen LogP contribution is 2.30. The Bertz CT molecular complexity index is 461. The predicted octanol–water partition coefficient (Wildman–Crippen LogP) is -0.602. The third kappa shape index (κ3) is 2.80. The minimum atomic E-state index is -1.36. The molecule has 2 atom stereocenters. The summed E-state index contributed by atoms with van der Waals surface area (Å²) in [5.74, 6) is -1.21. The average molecular weight is 299 g/mol. The molecule has 0 aliphatic carbocycles. The van der Waals surface area contributed by atoms with E-state index in [-0.39, 0.29) is 25.5 Å². The summed E-state index contributed by atoms with van der Waals surface area (Å²) in [5, 5.41) is 14.5. The van der Waals surface area contributed by atoms with Crippen molar-refractivity contribution in [1.82, 2.24) is 15.5 Å². The topological polar surface area (TPSA) is 108 Å². The second-order valence-corrected chi connectivity index (χ2v) is 5.93. The monoisotopic (exact) mass is 299 g/mol. The lowest BCUT2D eigenvalue weighted by Gasteiger charge is -2.28. The first kappa shape index (κ1) is 15.6. The van der Waals surface area contributed by atoms with Crippen LogP contribution in [0, 0.1) is 5.41 Å². The molecule has 0 spiro atoms. The summed E-state index contributed by atoms with van der Waals surface area (Å²) in [6.45, 7) is 2.77. The second-order valence-electron chi connectivity index (χ2n) is 5.93. The number of likely N-dealkylation sites (tertiary alicyclic amines) is 1. The van der Waals surface area contributed by atoms with E-state index in [1.165, 1.54) is 4.90 Å². The third-order valence-electron chi connectivity index (χ3n) is 4.31. The molecule has 2 heterocycles. The highest BCUT2D eigenvalue weighted by molar-refractivity contribution is 5.88. The summed E-state index contributed by atoms with van der Waals surface area (Å²) in [5.41, 5.74) is -1.99. The van der Waals surface area contributed by atoms with Crippen molar-refractivity contribution < 1.29 is 24.2 Å². The number of carboxylic acid groups (broad SMARTS) is 1. The van der Waals surface area contributed by atoms with Gasteiger partial charge >= 0.3 is 12.0 Å². The molecular formula is C13H21N3O5. The van der Waals surface area contributed by atoms with Crippen molar-refractivity contribution in [2.45, 2.75) is 25.3 Å². The molecule has 2 aliphatic rings. The first-order chi connectivity index (χ1) is 9.83. The molecule has 118 valence electrons. The number of carbonyl (C=O) groups is 3. The van der Waals surface area contributed by atoms with E-state index < -0.39 is 23.0 Å². The van der Waals surface area contributed by atoms with Crippen LogP contribution in [0.4, 0.5) is 4.79 Å². The predicted molar refractivity (Wildman–Crippen MR) is 72.7 cm³/mol. The summed E-state index contributed by atoms with van der Waals surface area (Å²) >= 11 is 0. The number of urea groups is 1. The molecule has 0 aromatic rings. The molecule has 3 N–H and O–H groups in total. The summed E-state index contributed by atoms with van der Waals surface area (Å²) in [6, 6.07) is -0.462. The van der Waals surface area contributed by atoms with Crippen LogP contribution in [0.15, 0.2) is 0 Å². The zero-order valence-corrected chi connectivity index (χ0v) is 12.3. The van der Waals surface area contributed by atoms with Crippen molar-refractivity contribution in [3.63, 3.8) is 0 Å². The van der Waals surface area contributed by atoms with Gasteiger partial charge in [0.1, 0.15) is 0 Å². The smallest absolute Gasteiger partial charge is 0.332 e. The molecule has 2 saturated heterocycles. The number of carboxylic acids is 1. The van der Waals surface area contributed by atoms with Gasteiger partial charge in [0.05, 0.1) is 12.0 Å². The maximum Gasteiger partial charge on any atom is 0.332 e. The number of ether oxygens (including phenoxy) is 1. The Kier molecular flexibility index (Phi) is 4.08. The van der Waals surface area contributed by atoms with Gasteiger partial charge in [-0.1, -0.05) is 0 Å². The number of amides is 3. The fourth-order valence-electron chi connectivity index (χ4n) is 2.79. The van der Waals surface area contributed by atoms with Crippen molar-refractivity contribution >= 4 is 17.9 Å². The Morgan fingerprint density at radius 2 is 2.00 bits per heavy atom. The largest absolute Gasteiger partial charge is 0.479 e. The van der Waals surface area contributed by atoms with Crippen LogP contribution in [0.5, 0.6) is 0 Å². The minimum absolute atomic E-state index is 0.0331. The van der Waals surface area contributed by atoms with E-state index in [0.29, 0.717) is 19.6 Å². The molecule has 2 rings (SSSR count). The number of hydrogen-bond donors (Lipinski definition) is 3. The van der Waals surface area contributed by atoms with Gasteiger partial charge in [0.25, 0.3) is 0 Å². The molecule has 8 nitrogen and oxygen atoms in total. The van der Waals surface area contributed by atoms with Crippen molar-refractivity contribution in [2.75, 3.05) is 33.4 Å². The fraction of sp³-hybridized carbons (Fsp3) is 0.769. The molecule has 3 amide bonds. The van der Waals surface area contributed by atoms with Crippen LogP contribution in [0.2, 0.25) is 0 Å². The van der Waals surface area contributed by atoms with E-state index in [4.69, 9.17) is 4.74 Å². The van der Waals surface area contributed by atoms with Crippen LogP contribution in [0.25, 0.3) is 0 Å². The van der Waals surface area contributed by atoms with Crippen molar-refractivity contribution in [1.29, 1.82) is 0 Å². The van der Waals surface area contributed by atoms with Gasteiger partial charge in [-0.3, -0.25) is 4.79 Å². The number of hydrogen-bond acceptors (Lipinski definition) is 4. The quantitative estimate of drug-likeness (QED) is 0.645. The van der Waals surface area contributed by atoms with Crippen molar-refractivity contribution in [3.8, 4) is 0 Å². The molecule has 0 aromatic carbocycles. The molecular weight excluding hydrogens is 278 g/mol. The zero-order chi connectivity index (χ0) is 15.7. The van der Waals surface area contributed by atoms with Crippen LogP contribution >= 0.6 is 0 Å². The van der Waals surface area contributed by atoms with Gasteiger partial charge in [-0.2, -0.15) is 0 Å². The number of carbonyl (C=O) groups excluding carboxylic acids is 2. The van der Waals surface area contributed by atoms with Crippen molar-refractivity contribution in [2.24, 2.45) is 5.41 Å². The van der Waals surface area contributed by atoms with Gasteiger partial charge in [0, 0.05) is 33.2 Å². The Balaban J connectivity index is 2.02. The molecule has 0 aromatic heterocycles. The second kappa shape index (κ2) is 5.51. The molecule has 0 saturated carbocycles. The number of nitrogens with zero attached hydrogens (tertiary/aromatic N) is 1. The summed E-state index contributed by atoms with van der Waals surface area (Å²) < 4.78 is 5.10. The first-order valence-electron chi connectivity index (χ1n) is 6.93. The highest BCUT2D eigenvalue weighted by Gasteiger charge is 2.47. The minimum Gasteiger partial charge on any atom is -0.479 e. The third-order valence-corrected chi connectivity index (χ3v) is 4.31. The van der Waals surface area contributed by atoms with Crippen LogP contribution in [0.3, 0.4) is 0 Å². The maximum atomic E-state index is 12.3. The average Bonchev–Trinajstić information content (AvgIpc) is 3.06. The van der Waals surface area contributed by atoms with Gasteiger partial charge in [-0.05, 0) is 13.3 Å². The Hall–Kier alpha value is -1.83. The van der Waals surface area contributed by atoms with E-state index in [1.807, 2.05) is 0 Å². The zero-order valence-electron chi connectivity index (χ0n) is 12.3. The summed E-state index contributed by atoms with van der Waals surface area (Å²) in [6.07, 6.45) is 0.797. The lowest BCUT2D eigenvalue weighted by molar-refractivity contribution is -0.144. The maximum absolute atomic E-state index is 12.3. The summed E-state index contributed by atoms with van der Waals surface area (Å²) in [7, 11) is 1.56. The van der Waals surface area contributed by atoms with E-state index in [1.54, 1.807) is 14.0 Å². The SMILES string of the molecule is CNC(=O)C1(C)CCN(C(=O)NC2(C(=O)O)CCOC2)C1. The number of nitrogens with one attached hydrogen (secondary N) is 2. The van der Waals surface area contributed by atoms with Crippen LogP contribution in [-0.2, 0) is 14.3 Å². The van der Waals surface area contributed by atoms with Gasteiger partial charge in [-0.25, -0.2) is 9.59 Å². The van der Waals surface area contributed by atoms with Gasteiger partial charge < -0.3 is 25.4 Å². The van der Waals surface area contributed by atoms with E-state index >= 15 is 0 Å². The Morgan fingerprint density at radius 1 is 1.29 bits per heavy atom. The lowest BCUT2D eigenvalue weighted by Crippen LogP contribution is -2.58.